The average Bonchev–Trinajstić information content (AvgIpc) is 3.24. The van der Waals surface area contributed by atoms with Crippen LogP contribution in [0.15, 0.2) is 36.7 Å². The molecule has 1 N–H and O–H groups in total. The monoisotopic (exact) mass is 388 g/mol. The van der Waals surface area contributed by atoms with E-state index in [1.54, 1.807) is 0 Å². The molecule has 3 aromatic rings. The number of anilines is 2. The molecule has 0 radical (unpaired) electrons. The predicted octanol–water partition coefficient (Wildman–Crippen LogP) is 3.03. The first-order valence-corrected chi connectivity index (χ1v) is 10.8. The first kappa shape index (κ1) is 17.3. The smallest absolute Gasteiger partial charge is 0.159 e. The van der Waals surface area contributed by atoms with Crippen molar-refractivity contribution in [3.63, 3.8) is 0 Å². The van der Waals surface area contributed by atoms with Gasteiger partial charge in [0.15, 0.2) is 5.65 Å². The van der Waals surface area contributed by atoms with E-state index in [4.69, 9.17) is 0 Å². The molecule has 6 rings (SSSR count). The standard InChI is InChI=1S/C23H28N6/c1-15-13-28(22-7-8-25-23-21(22)12-26-27(23)2)14-16-3-4-17(9-20(15)16)29-18-5-6-19(29)11-24-10-18/h3-4,7-9,12,15,18-19,24H,5-6,10-11,13-14H2,1-2H3/t15-,18?,19?/m0/s1. The highest BCUT2D eigenvalue weighted by Crippen LogP contribution is 2.38. The van der Waals surface area contributed by atoms with E-state index in [-0.39, 0.29) is 0 Å². The number of fused-ring (bicyclic) bond motifs is 4. The molecule has 29 heavy (non-hydrogen) atoms. The fraction of sp³-hybridized carbons (Fsp3) is 0.478. The Balaban J connectivity index is 1.34. The molecular formula is C23H28N6. The summed E-state index contributed by atoms with van der Waals surface area (Å²) in [5, 5.41) is 9.15. The second-order valence-electron chi connectivity index (χ2n) is 8.95. The fourth-order valence-corrected chi connectivity index (χ4v) is 5.74. The molecule has 6 heteroatoms. The number of hydrogen-bond donors (Lipinski definition) is 1. The van der Waals surface area contributed by atoms with Crippen molar-refractivity contribution >= 4 is 22.4 Å². The molecule has 2 fully saturated rings. The Morgan fingerprint density at radius 3 is 2.76 bits per heavy atom. The summed E-state index contributed by atoms with van der Waals surface area (Å²) in [6, 6.07) is 10.7. The number of rotatable bonds is 2. The lowest BCUT2D eigenvalue weighted by Crippen LogP contribution is -2.52. The Morgan fingerprint density at radius 2 is 1.93 bits per heavy atom. The number of aromatic nitrogens is 3. The van der Waals surface area contributed by atoms with Crippen LogP contribution < -0.4 is 15.1 Å². The molecule has 3 atom stereocenters. The first-order valence-electron chi connectivity index (χ1n) is 10.8. The van der Waals surface area contributed by atoms with Gasteiger partial charge in [0.2, 0.25) is 0 Å². The SMILES string of the molecule is C[C@H]1CN(c2ccnc3c2cnn3C)Cc2ccc(N3C4CCC3CNC4)cc21. The van der Waals surface area contributed by atoms with Crippen molar-refractivity contribution in [2.24, 2.45) is 7.05 Å². The van der Waals surface area contributed by atoms with E-state index in [0.29, 0.717) is 18.0 Å². The van der Waals surface area contributed by atoms with Crippen LogP contribution in [0.1, 0.15) is 36.8 Å². The Hall–Kier alpha value is -2.60. The zero-order valence-corrected chi connectivity index (χ0v) is 17.2. The van der Waals surface area contributed by atoms with E-state index in [1.807, 2.05) is 24.1 Å². The lowest BCUT2D eigenvalue weighted by Gasteiger charge is -2.39. The first-order chi connectivity index (χ1) is 14.2. The van der Waals surface area contributed by atoms with Crippen LogP contribution in [0.25, 0.3) is 11.0 Å². The van der Waals surface area contributed by atoms with Gasteiger partial charge in [-0.2, -0.15) is 5.10 Å². The summed E-state index contributed by atoms with van der Waals surface area (Å²) in [6.07, 6.45) is 6.49. The van der Waals surface area contributed by atoms with Gasteiger partial charge in [0.1, 0.15) is 0 Å². The molecule has 2 aromatic heterocycles. The van der Waals surface area contributed by atoms with E-state index < -0.39 is 0 Å². The van der Waals surface area contributed by atoms with Gasteiger partial charge < -0.3 is 15.1 Å². The molecular weight excluding hydrogens is 360 g/mol. The van der Waals surface area contributed by atoms with Crippen molar-refractivity contribution in [1.82, 2.24) is 20.1 Å². The Kier molecular flexibility index (Phi) is 3.85. The van der Waals surface area contributed by atoms with Crippen molar-refractivity contribution < 1.29 is 0 Å². The van der Waals surface area contributed by atoms with Gasteiger partial charge in [-0.05, 0) is 48.1 Å². The zero-order valence-electron chi connectivity index (χ0n) is 17.2. The second kappa shape index (κ2) is 6.46. The predicted molar refractivity (Wildman–Crippen MR) is 117 cm³/mol. The maximum Gasteiger partial charge on any atom is 0.159 e. The number of nitrogens with zero attached hydrogens (tertiary/aromatic N) is 5. The molecule has 3 aliphatic heterocycles. The molecule has 0 saturated carbocycles. The van der Waals surface area contributed by atoms with Gasteiger partial charge in [0.05, 0.1) is 17.3 Å². The third kappa shape index (κ3) is 2.65. The highest BCUT2D eigenvalue weighted by atomic mass is 15.3. The van der Waals surface area contributed by atoms with Crippen molar-refractivity contribution in [1.29, 1.82) is 0 Å². The van der Waals surface area contributed by atoms with Crippen LogP contribution in [0.2, 0.25) is 0 Å². The number of benzene rings is 1. The van der Waals surface area contributed by atoms with Crippen molar-refractivity contribution in [2.75, 3.05) is 29.4 Å². The molecule has 6 nitrogen and oxygen atoms in total. The topological polar surface area (TPSA) is 49.2 Å². The van der Waals surface area contributed by atoms with E-state index >= 15 is 0 Å². The van der Waals surface area contributed by atoms with Crippen LogP contribution in [0, 0.1) is 0 Å². The zero-order chi connectivity index (χ0) is 19.5. The van der Waals surface area contributed by atoms with Crippen molar-refractivity contribution in [3.8, 4) is 0 Å². The third-order valence-corrected chi connectivity index (χ3v) is 7.15. The third-order valence-electron chi connectivity index (χ3n) is 7.15. The van der Waals surface area contributed by atoms with E-state index in [0.717, 1.165) is 37.2 Å². The summed E-state index contributed by atoms with van der Waals surface area (Å²) in [4.78, 5) is 9.69. The summed E-state index contributed by atoms with van der Waals surface area (Å²) in [5.41, 5.74) is 6.59. The molecule has 0 amide bonds. The minimum Gasteiger partial charge on any atom is -0.366 e. The number of piperazine rings is 1. The van der Waals surface area contributed by atoms with Gasteiger partial charge in [-0.15, -0.1) is 0 Å². The lowest BCUT2D eigenvalue weighted by atomic mass is 9.89. The maximum atomic E-state index is 4.51. The molecule has 150 valence electrons. The Morgan fingerprint density at radius 1 is 1.10 bits per heavy atom. The van der Waals surface area contributed by atoms with Crippen molar-refractivity contribution in [2.45, 2.75) is 44.3 Å². The number of hydrogen-bond acceptors (Lipinski definition) is 5. The van der Waals surface area contributed by atoms with E-state index in [9.17, 15) is 0 Å². The lowest BCUT2D eigenvalue weighted by molar-refractivity contribution is 0.484. The highest BCUT2D eigenvalue weighted by molar-refractivity contribution is 5.89. The fourth-order valence-electron chi connectivity index (χ4n) is 5.74. The second-order valence-corrected chi connectivity index (χ2v) is 8.95. The Labute approximate surface area is 171 Å². The summed E-state index contributed by atoms with van der Waals surface area (Å²) in [5.74, 6) is 0.499. The van der Waals surface area contributed by atoms with Crippen LogP contribution >= 0.6 is 0 Å². The van der Waals surface area contributed by atoms with E-state index in [1.165, 1.54) is 35.3 Å². The molecule has 0 aliphatic carbocycles. The van der Waals surface area contributed by atoms with E-state index in [2.05, 4.69) is 56.4 Å². The van der Waals surface area contributed by atoms with Gasteiger partial charge in [-0.1, -0.05) is 13.0 Å². The van der Waals surface area contributed by atoms with Crippen LogP contribution in [-0.2, 0) is 13.6 Å². The molecule has 5 heterocycles. The summed E-state index contributed by atoms with van der Waals surface area (Å²) < 4.78 is 1.86. The van der Waals surface area contributed by atoms with Crippen LogP contribution in [-0.4, -0.2) is 46.5 Å². The maximum absolute atomic E-state index is 4.51. The number of pyridine rings is 1. The van der Waals surface area contributed by atoms with Gasteiger partial charge in [0, 0.05) is 57.2 Å². The number of aryl methyl sites for hydroxylation is 1. The minimum atomic E-state index is 0.499. The Bertz CT molecular complexity index is 1060. The molecule has 2 saturated heterocycles. The summed E-state index contributed by atoms with van der Waals surface area (Å²) in [6.45, 7) is 6.59. The largest absolute Gasteiger partial charge is 0.366 e. The minimum absolute atomic E-state index is 0.499. The highest BCUT2D eigenvalue weighted by Gasteiger charge is 2.37. The average molecular weight is 389 g/mol. The summed E-state index contributed by atoms with van der Waals surface area (Å²) in [7, 11) is 1.96. The van der Waals surface area contributed by atoms with Crippen LogP contribution in [0.4, 0.5) is 11.4 Å². The summed E-state index contributed by atoms with van der Waals surface area (Å²) >= 11 is 0. The molecule has 0 spiro atoms. The molecule has 1 aromatic carbocycles. The van der Waals surface area contributed by atoms with Gasteiger partial charge in [-0.3, -0.25) is 4.68 Å². The van der Waals surface area contributed by atoms with Crippen LogP contribution in [0.3, 0.4) is 0 Å². The molecule has 3 aliphatic rings. The molecule has 2 unspecified atom stereocenters. The van der Waals surface area contributed by atoms with Gasteiger partial charge in [0.25, 0.3) is 0 Å². The number of nitrogens with one attached hydrogen (secondary N) is 1. The van der Waals surface area contributed by atoms with Gasteiger partial charge >= 0.3 is 0 Å². The molecule has 2 bridgehead atoms. The van der Waals surface area contributed by atoms with Crippen molar-refractivity contribution in [3.05, 3.63) is 47.8 Å². The normalized spacial score (nSPS) is 26.2. The quantitative estimate of drug-likeness (QED) is 0.731. The van der Waals surface area contributed by atoms with Crippen LogP contribution in [0.5, 0.6) is 0 Å². The van der Waals surface area contributed by atoms with Gasteiger partial charge in [-0.25, -0.2) is 4.98 Å².